The van der Waals surface area contributed by atoms with Crippen molar-refractivity contribution in [3.8, 4) is 5.69 Å². The molecule has 0 radical (unpaired) electrons. The fourth-order valence-corrected chi connectivity index (χ4v) is 4.37. The number of aryl methyl sites for hydroxylation is 1. The molecule has 154 valence electrons. The molecule has 0 saturated carbocycles. The maximum absolute atomic E-state index is 12.3. The van der Waals surface area contributed by atoms with E-state index in [4.69, 9.17) is 4.84 Å². The van der Waals surface area contributed by atoms with Crippen LogP contribution in [-0.2, 0) is 22.5 Å². The molecule has 4 rings (SSSR count). The highest BCUT2D eigenvalue weighted by Crippen LogP contribution is 2.38. The first kappa shape index (κ1) is 20.6. The topological polar surface area (TPSA) is 43.6 Å². The highest BCUT2D eigenvalue weighted by atomic mass is 79.9. The molecule has 1 aliphatic rings. The lowest BCUT2D eigenvalue weighted by Gasteiger charge is -2.31. The summed E-state index contributed by atoms with van der Waals surface area (Å²) in [5.41, 5.74) is 6.33. The first-order valence-electron chi connectivity index (χ1n) is 10.1. The van der Waals surface area contributed by atoms with E-state index in [0.29, 0.717) is 0 Å². The van der Waals surface area contributed by atoms with Gasteiger partial charge in [0.15, 0.2) is 0 Å². The molecular formula is C25H25BrN2O2. The largest absolute Gasteiger partial charge is 0.339 e. The molecule has 0 N–H and O–H groups in total. The van der Waals surface area contributed by atoms with Crippen molar-refractivity contribution in [2.75, 3.05) is 0 Å². The summed E-state index contributed by atoms with van der Waals surface area (Å²) in [5.74, 6) is -0.345. The van der Waals surface area contributed by atoms with Crippen molar-refractivity contribution in [3.63, 3.8) is 0 Å². The van der Waals surface area contributed by atoms with E-state index in [1.807, 2.05) is 30.3 Å². The molecular weight excluding hydrogens is 440 g/mol. The summed E-state index contributed by atoms with van der Waals surface area (Å²) in [5, 5.41) is 4.32. The first-order valence-corrected chi connectivity index (χ1v) is 10.9. The minimum absolute atomic E-state index is 0.0234. The van der Waals surface area contributed by atoms with Crippen LogP contribution in [0.2, 0.25) is 0 Å². The molecule has 0 bridgehead atoms. The van der Waals surface area contributed by atoms with Crippen LogP contribution in [0, 0.1) is 12.3 Å². The Hall–Kier alpha value is -2.66. The second-order valence-electron chi connectivity index (χ2n) is 8.64. The lowest BCUT2D eigenvalue weighted by atomic mass is 9.76. The third-order valence-corrected chi connectivity index (χ3v) is 5.95. The van der Waals surface area contributed by atoms with Gasteiger partial charge in [-0.25, -0.2) is 4.79 Å². The Morgan fingerprint density at radius 3 is 2.50 bits per heavy atom. The van der Waals surface area contributed by atoms with Crippen LogP contribution in [0.3, 0.4) is 0 Å². The second-order valence-corrected chi connectivity index (χ2v) is 9.56. The number of aromatic nitrogens is 1. The Morgan fingerprint density at radius 1 is 1.10 bits per heavy atom. The van der Waals surface area contributed by atoms with Gasteiger partial charge in [-0.05, 0) is 61.1 Å². The number of halogens is 1. The summed E-state index contributed by atoms with van der Waals surface area (Å²) in [7, 11) is 0. The van der Waals surface area contributed by atoms with Crippen LogP contribution in [0.25, 0.3) is 5.69 Å². The summed E-state index contributed by atoms with van der Waals surface area (Å²) < 4.78 is 3.34. The van der Waals surface area contributed by atoms with Gasteiger partial charge in [-0.1, -0.05) is 65.3 Å². The van der Waals surface area contributed by atoms with Crippen LogP contribution < -0.4 is 0 Å². The Bertz CT molecular complexity index is 1100. The Labute approximate surface area is 185 Å². The molecule has 4 nitrogen and oxygen atoms in total. The van der Waals surface area contributed by atoms with Crippen molar-refractivity contribution in [1.29, 1.82) is 0 Å². The number of oxime groups is 1. The van der Waals surface area contributed by atoms with Gasteiger partial charge in [0.2, 0.25) is 0 Å². The quantitative estimate of drug-likeness (QED) is 0.350. The van der Waals surface area contributed by atoms with Crippen LogP contribution in [0.1, 0.15) is 42.8 Å². The number of fused-ring (bicyclic) bond motifs is 1. The number of carbonyl (C=O) groups excluding carboxylic acids is 1. The number of carbonyl (C=O) groups is 1. The molecule has 0 fully saturated rings. The lowest BCUT2D eigenvalue weighted by molar-refractivity contribution is -0.142. The van der Waals surface area contributed by atoms with Crippen LogP contribution in [-0.4, -0.2) is 16.2 Å². The van der Waals surface area contributed by atoms with E-state index >= 15 is 0 Å². The van der Waals surface area contributed by atoms with E-state index in [-0.39, 0.29) is 17.8 Å². The van der Waals surface area contributed by atoms with Crippen molar-refractivity contribution in [1.82, 2.24) is 4.57 Å². The maximum atomic E-state index is 12.3. The molecule has 0 atom stereocenters. The molecule has 0 aliphatic heterocycles. The van der Waals surface area contributed by atoms with Gasteiger partial charge >= 0.3 is 5.97 Å². The molecule has 0 unspecified atom stereocenters. The highest BCUT2D eigenvalue weighted by Gasteiger charge is 2.33. The van der Waals surface area contributed by atoms with Crippen LogP contribution in [0.4, 0.5) is 0 Å². The van der Waals surface area contributed by atoms with Crippen molar-refractivity contribution >= 4 is 27.6 Å². The number of hydrogen-bond donors (Lipinski definition) is 0. The number of hydrogen-bond acceptors (Lipinski definition) is 3. The zero-order valence-corrected chi connectivity index (χ0v) is 19.1. The van der Waals surface area contributed by atoms with Gasteiger partial charge in [0, 0.05) is 27.1 Å². The summed E-state index contributed by atoms with van der Waals surface area (Å²) in [4.78, 5) is 17.7. The SMILES string of the molecule is Cc1cc2c(n1-c1ccc(Br)cc1)CC(C)(C)C/C2=N\OC(=O)Cc1ccccc1. The predicted molar refractivity (Wildman–Crippen MR) is 123 cm³/mol. The average Bonchev–Trinajstić information content (AvgIpc) is 3.02. The van der Waals surface area contributed by atoms with E-state index in [1.54, 1.807) is 0 Å². The zero-order chi connectivity index (χ0) is 21.3. The normalized spacial score (nSPS) is 16.3. The third kappa shape index (κ3) is 4.41. The number of nitrogens with zero attached hydrogens (tertiary/aromatic N) is 2. The Balaban J connectivity index is 1.65. The number of rotatable bonds is 4. The van der Waals surface area contributed by atoms with Crippen molar-refractivity contribution in [2.24, 2.45) is 10.6 Å². The Morgan fingerprint density at radius 2 is 1.80 bits per heavy atom. The third-order valence-electron chi connectivity index (χ3n) is 5.42. The molecule has 3 aromatic rings. The highest BCUT2D eigenvalue weighted by molar-refractivity contribution is 9.10. The predicted octanol–water partition coefficient (Wildman–Crippen LogP) is 6.01. The van der Waals surface area contributed by atoms with E-state index in [9.17, 15) is 4.79 Å². The molecule has 1 aliphatic carbocycles. The fourth-order valence-electron chi connectivity index (χ4n) is 4.11. The smallest absolute Gasteiger partial charge is 0.318 e. The molecule has 0 spiro atoms. The standard InChI is InChI=1S/C25H25BrN2O2/c1-17-13-21-22(27-30-24(29)14-18-7-5-4-6-8-18)15-25(2,3)16-23(21)28(17)20-11-9-19(26)10-12-20/h4-13H,14-16H2,1-3H3/b27-22+. The minimum Gasteiger partial charge on any atom is -0.318 e. The first-order chi connectivity index (χ1) is 14.3. The van der Waals surface area contributed by atoms with Gasteiger partial charge in [-0.15, -0.1) is 0 Å². The molecule has 0 saturated heterocycles. The van der Waals surface area contributed by atoms with Crippen LogP contribution >= 0.6 is 15.9 Å². The number of benzene rings is 2. The van der Waals surface area contributed by atoms with Crippen molar-refractivity contribution < 1.29 is 9.63 Å². The van der Waals surface area contributed by atoms with E-state index < -0.39 is 0 Å². The van der Waals surface area contributed by atoms with Gasteiger partial charge in [-0.2, -0.15) is 0 Å². The molecule has 1 aromatic heterocycles. The van der Waals surface area contributed by atoms with Crippen LogP contribution in [0.15, 0.2) is 70.3 Å². The van der Waals surface area contributed by atoms with Crippen molar-refractivity contribution in [3.05, 3.63) is 87.7 Å². The van der Waals surface area contributed by atoms with Gasteiger partial charge in [0.25, 0.3) is 0 Å². The lowest BCUT2D eigenvalue weighted by Crippen LogP contribution is -2.28. The summed E-state index contributed by atoms with van der Waals surface area (Å²) in [6.45, 7) is 6.56. The molecule has 2 aromatic carbocycles. The monoisotopic (exact) mass is 464 g/mol. The minimum atomic E-state index is -0.345. The van der Waals surface area contributed by atoms with E-state index in [2.05, 4.69) is 76.8 Å². The summed E-state index contributed by atoms with van der Waals surface area (Å²) in [6.07, 6.45) is 1.92. The van der Waals surface area contributed by atoms with Gasteiger partial charge in [0.1, 0.15) is 0 Å². The molecule has 1 heterocycles. The van der Waals surface area contributed by atoms with Gasteiger partial charge < -0.3 is 9.40 Å². The second kappa shape index (κ2) is 8.23. The zero-order valence-electron chi connectivity index (χ0n) is 17.5. The summed E-state index contributed by atoms with van der Waals surface area (Å²) >= 11 is 3.51. The molecule has 30 heavy (non-hydrogen) atoms. The van der Waals surface area contributed by atoms with Crippen LogP contribution in [0.5, 0.6) is 0 Å². The van der Waals surface area contributed by atoms with Gasteiger partial charge in [0.05, 0.1) is 12.1 Å². The van der Waals surface area contributed by atoms with Crippen molar-refractivity contribution in [2.45, 2.75) is 40.0 Å². The average molecular weight is 465 g/mol. The van der Waals surface area contributed by atoms with Gasteiger partial charge in [-0.3, -0.25) is 0 Å². The fraction of sp³-hybridized carbons (Fsp3) is 0.280. The maximum Gasteiger partial charge on any atom is 0.339 e. The van der Waals surface area contributed by atoms with E-state index in [0.717, 1.165) is 45.5 Å². The molecule has 5 heteroatoms. The summed E-state index contributed by atoms with van der Waals surface area (Å²) in [6, 6.07) is 20.1. The molecule has 0 amide bonds. The van der Waals surface area contributed by atoms with E-state index in [1.165, 1.54) is 5.69 Å². The Kier molecular flexibility index (Phi) is 5.65.